The highest BCUT2D eigenvalue weighted by atomic mass is 79.9. The fourth-order valence-electron chi connectivity index (χ4n) is 3.93. The molecule has 1 saturated heterocycles. The Morgan fingerprint density at radius 1 is 1.14 bits per heavy atom. The molecule has 148 valence electrons. The summed E-state index contributed by atoms with van der Waals surface area (Å²) in [5.41, 5.74) is 0.691. The molecule has 28 heavy (non-hydrogen) atoms. The van der Waals surface area contributed by atoms with E-state index in [1.165, 1.54) is 0 Å². The third-order valence-corrected chi connectivity index (χ3v) is 5.63. The van der Waals surface area contributed by atoms with E-state index in [9.17, 15) is 4.79 Å². The van der Waals surface area contributed by atoms with E-state index in [2.05, 4.69) is 21.2 Å². The average Bonchev–Trinajstić information content (AvgIpc) is 2.67. The minimum Gasteiger partial charge on any atom is -0.493 e. The molecule has 4 rings (SSSR count). The van der Waals surface area contributed by atoms with Gasteiger partial charge in [0, 0.05) is 28.6 Å². The zero-order valence-electron chi connectivity index (χ0n) is 16.0. The summed E-state index contributed by atoms with van der Waals surface area (Å²) in [7, 11) is 4.62. The van der Waals surface area contributed by atoms with Crippen molar-refractivity contribution >= 4 is 27.6 Å². The van der Waals surface area contributed by atoms with Crippen molar-refractivity contribution < 1.29 is 23.7 Å². The molecule has 8 heteroatoms. The number of hydrogen-bond acceptors (Lipinski definition) is 5. The standard InChI is InChI=1S/C20H21BrN2O5/c1-20-10-14(13-7-11(21)5-6-15(13)28-20)22-19(24)23(20)12-8-16(25-2)18(27-4)17(9-12)26-3/h5-9,14H,10H2,1-4H3,(H,22,24)/t14-,20-/m1/s1. The number of carbonyl (C=O) groups is 1. The minimum atomic E-state index is -0.863. The number of nitrogens with one attached hydrogen (secondary N) is 1. The van der Waals surface area contributed by atoms with Crippen LogP contribution in [0.2, 0.25) is 0 Å². The predicted octanol–water partition coefficient (Wildman–Crippen LogP) is 4.24. The molecule has 2 bridgehead atoms. The van der Waals surface area contributed by atoms with Crippen molar-refractivity contribution in [2.45, 2.75) is 25.1 Å². The molecule has 0 saturated carbocycles. The van der Waals surface area contributed by atoms with Gasteiger partial charge in [-0.2, -0.15) is 0 Å². The minimum absolute atomic E-state index is 0.128. The number of ether oxygens (including phenoxy) is 4. The molecule has 2 aromatic rings. The number of urea groups is 1. The monoisotopic (exact) mass is 448 g/mol. The molecule has 0 unspecified atom stereocenters. The van der Waals surface area contributed by atoms with E-state index in [0.717, 1.165) is 15.8 Å². The molecule has 0 aromatic heterocycles. The van der Waals surface area contributed by atoms with Crippen LogP contribution in [0.5, 0.6) is 23.0 Å². The van der Waals surface area contributed by atoms with Crippen molar-refractivity contribution in [3.05, 3.63) is 40.4 Å². The summed E-state index contributed by atoms with van der Waals surface area (Å²) in [6.45, 7) is 1.91. The Labute approximate surface area is 171 Å². The first kappa shape index (κ1) is 18.7. The zero-order valence-corrected chi connectivity index (χ0v) is 17.6. The largest absolute Gasteiger partial charge is 0.493 e. The summed E-state index contributed by atoms with van der Waals surface area (Å²) in [5, 5.41) is 3.08. The Hall–Kier alpha value is -2.61. The lowest BCUT2D eigenvalue weighted by atomic mass is 9.90. The number of benzene rings is 2. The lowest BCUT2D eigenvalue weighted by Crippen LogP contribution is -2.65. The molecule has 2 aromatic carbocycles. The first-order valence-corrected chi connectivity index (χ1v) is 9.58. The van der Waals surface area contributed by atoms with Crippen LogP contribution in [0.1, 0.15) is 24.9 Å². The average molecular weight is 449 g/mol. The van der Waals surface area contributed by atoms with E-state index < -0.39 is 5.72 Å². The van der Waals surface area contributed by atoms with Crippen molar-refractivity contribution in [2.75, 3.05) is 26.2 Å². The summed E-state index contributed by atoms with van der Waals surface area (Å²) < 4.78 is 23.5. The molecule has 2 aliphatic heterocycles. The highest BCUT2D eigenvalue weighted by molar-refractivity contribution is 9.10. The van der Waals surface area contributed by atoms with E-state index in [4.69, 9.17) is 18.9 Å². The van der Waals surface area contributed by atoms with Gasteiger partial charge in [0.25, 0.3) is 0 Å². The Kier molecular flexibility index (Phi) is 4.53. The van der Waals surface area contributed by atoms with Gasteiger partial charge in [0.2, 0.25) is 5.75 Å². The van der Waals surface area contributed by atoms with Gasteiger partial charge in [-0.3, -0.25) is 4.90 Å². The van der Waals surface area contributed by atoms with Crippen LogP contribution < -0.4 is 29.2 Å². The number of methoxy groups -OCH3 is 3. The molecule has 2 atom stereocenters. The number of fused-ring (bicyclic) bond motifs is 4. The number of carbonyl (C=O) groups excluding carboxylic acids is 1. The number of anilines is 1. The van der Waals surface area contributed by atoms with E-state index >= 15 is 0 Å². The summed E-state index contributed by atoms with van der Waals surface area (Å²) in [6, 6.07) is 8.92. The Morgan fingerprint density at radius 2 is 1.82 bits per heavy atom. The molecular weight excluding hydrogens is 428 g/mol. The Bertz CT molecular complexity index is 925. The number of halogens is 1. The van der Waals surface area contributed by atoms with Crippen molar-refractivity contribution in [3.63, 3.8) is 0 Å². The third kappa shape index (κ3) is 2.83. The van der Waals surface area contributed by atoms with Gasteiger partial charge in [0.05, 0.1) is 33.1 Å². The summed E-state index contributed by atoms with van der Waals surface area (Å²) in [6.07, 6.45) is 0.596. The van der Waals surface area contributed by atoms with Crippen LogP contribution in [0.15, 0.2) is 34.8 Å². The molecule has 1 fully saturated rings. The summed E-state index contributed by atoms with van der Waals surface area (Å²) >= 11 is 3.48. The number of amides is 2. The first-order chi connectivity index (χ1) is 13.4. The van der Waals surface area contributed by atoms with Crippen LogP contribution in [0, 0.1) is 0 Å². The van der Waals surface area contributed by atoms with Crippen LogP contribution >= 0.6 is 15.9 Å². The summed E-state index contributed by atoms with van der Waals surface area (Å²) in [4.78, 5) is 14.7. The quantitative estimate of drug-likeness (QED) is 0.756. The van der Waals surface area contributed by atoms with Gasteiger partial charge in [0.1, 0.15) is 5.75 Å². The van der Waals surface area contributed by atoms with E-state index in [-0.39, 0.29) is 12.1 Å². The maximum Gasteiger partial charge on any atom is 0.325 e. The normalized spacial score (nSPS) is 22.7. The molecule has 2 aliphatic rings. The molecule has 7 nitrogen and oxygen atoms in total. The molecular formula is C20H21BrN2O5. The van der Waals surface area contributed by atoms with Gasteiger partial charge < -0.3 is 24.3 Å². The Morgan fingerprint density at radius 3 is 2.43 bits per heavy atom. The molecule has 0 radical (unpaired) electrons. The maximum atomic E-state index is 13.1. The van der Waals surface area contributed by atoms with Gasteiger partial charge in [-0.15, -0.1) is 0 Å². The maximum absolute atomic E-state index is 13.1. The SMILES string of the molecule is COc1cc(N2C(=O)N[C@@H]3C[C@@]2(C)Oc2ccc(Br)cc23)cc(OC)c1OC. The zero-order chi connectivity index (χ0) is 20.1. The van der Waals surface area contributed by atoms with Gasteiger partial charge in [-0.1, -0.05) is 15.9 Å². The van der Waals surface area contributed by atoms with Crippen molar-refractivity contribution in [2.24, 2.45) is 0 Å². The highest BCUT2D eigenvalue weighted by Crippen LogP contribution is 2.48. The van der Waals surface area contributed by atoms with Crippen molar-refractivity contribution in [1.82, 2.24) is 5.32 Å². The topological polar surface area (TPSA) is 69.3 Å². The Balaban J connectivity index is 1.81. The lowest BCUT2D eigenvalue weighted by molar-refractivity contribution is 0.0378. The number of hydrogen-bond donors (Lipinski definition) is 1. The smallest absolute Gasteiger partial charge is 0.325 e. The van der Waals surface area contributed by atoms with Crippen molar-refractivity contribution in [3.8, 4) is 23.0 Å². The van der Waals surface area contributed by atoms with Crippen LogP contribution in [-0.4, -0.2) is 33.1 Å². The summed E-state index contributed by atoms with van der Waals surface area (Å²) in [5.74, 6) is 2.15. The van der Waals surface area contributed by atoms with Gasteiger partial charge in [-0.25, -0.2) is 4.79 Å². The molecule has 2 amide bonds. The van der Waals surface area contributed by atoms with E-state index in [1.54, 1.807) is 38.4 Å². The fourth-order valence-corrected chi connectivity index (χ4v) is 4.31. The fraction of sp³-hybridized carbons (Fsp3) is 0.350. The second-order valence-electron chi connectivity index (χ2n) is 6.88. The molecule has 0 spiro atoms. The van der Waals surface area contributed by atoms with Crippen LogP contribution in [-0.2, 0) is 0 Å². The molecule has 2 heterocycles. The lowest BCUT2D eigenvalue weighted by Gasteiger charge is -2.50. The van der Waals surface area contributed by atoms with Gasteiger partial charge in [0.15, 0.2) is 17.2 Å². The second kappa shape index (κ2) is 6.77. The van der Waals surface area contributed by atoms with E-state index in [0.29, 0.717) is 29.4 Å². The predicted molar refractivity (Wildman–Crippen MR) is 108 cm³/mol. The van der Waals surface area contributed by atoms with Crippen LogP contribution in [0.25, 0.3) is 0 Å². The van der Waals surface area contributed by atoms with Crippen molar-refractivity contribution in [1.29, 1.82) is 0 Å². The van der Waals surface area contributed by atoms with Gasteiger partial charge in [-0.05, 0) is 25.1 Å². The molecule has 0 aliphatic carbocycles. The number of nitrogens with zero attached hydrogens (tertiary/aromatic N) is 1. The number of rotatable bonds is 4. The molecule has 1 N–H and O–H groups in total. The highest BCUT2D eigenvalue weighted by Gasteiger charge is 2.50. The van der Waals surface area contributed by atoms with Crippen LogP contribution in [0.3, 0.4) is 0 Å². The van der Waals surface area contributed by atoms with Crippen LogP contribution in [0.4, 0.5) is 10.5 Å². The third-order valence-electron chi connectivity index (χ3n) is 5.14. The van der Waals surface area contributed by atoms with E-state index in [1.807, 2.05) is 25.1 Å². The first-order valence-electron chi connectivity index (χ1n) is 8.79. The second-order valence-corrected chi connectivity index (χ2v) is 7.80. The van der Waals surface area contributed by atoms with Gasteiger partial charge >= 0.3 is 6.03 Å².